The average Bonchev–Trinajstić information content (AvgIpc) is 2.70. The number of halogens is 2. The second-order valence-electron chi connectivity index (χ2n) is 6.31. The molecule has 0 heterocycles. The van der Waals surface area contributed by atoms with E-state index in [1.807, 2.05) is 0 Å². The van der Waals surface area contributed by atoms with E-state index in [1.54, 1.807) is 0 Å². The maximum absolute atomic E-state index is 14.2. The Morgan fingerprint density at radius 2 is 2.14 bits per heavy atom. The first-order valence-electron chi connectivity index (χ1n) is 6.85. The molecule has 0 radical (unpaired) electrons. The van der Waals surface area contributed by atoms with Gasteiger partial charge in [0.15, 0.2) is 0 Å². The third-order valence-electron chi connectivity index (χ3n) is 3.88. The topological polar surface area (TPSA) is 72.2 Å². The molecule has 0 aromatic heterocycles. The molecule has 4 nitrogen and oxygen atoms in total. The fourth-order valence-electron chi connectivity index (χ4n) is 2.78. The molecule has 1 fully saturated rings. The van der Waals surface area contributed by atoms with Gasteiger partial charge in [-0.3, -0.25) is 0 Å². The van der Waals surface area contributed by atoms with Crippen LogP contribution in [0.4, 0.5) is 4.39 Å². The van der Waals surface area contributed by atoms with Gasteiger partial charge in [-0.1, -0.05) is 25.4 Å². The van der Waals surface area contributed by atoms with E-state index in [-0.39, 0.29) is 28.6 Å². The van der Waals surface area contributed by atoms with Crippen LogP contribution >= 0.6 is 11.6 Å². The van der Waals surface area contributed by atoms with Crippen LogP contribution in [-0.2, 0) is 16.6 Å². The fourth-order valence-corrected chi connectivity index (χ4v) is 4.50. The van der Waals surface area contributed by atoms with E-state index in [1.165, 1.54) is 6.07 Å². The van der Waals surface area contributed by atoms with Gasteiger partial charge in [-0.25, -0.2) is 17.5 Å². The third kappa shape index (κ3) is 3.74. The van der Waals surface area contributed by atoms with E-state index in [4.69, 9.17) is 17.3 Å². The van der Waals surface area contributed by atoms with Crippen LogP contribution in [-0.4, -0.2) is 14.5 Å². The minimum absolute atomic E-state index is 0.0922. The zero-order chi connectivity index (χ0) is 15.8. The molecule has 1 aromatic carbocycles. The van der Waals surface area contributed by atoms with Crippen molar-refractivity contribution in [2.45, 2.75) is 50.6 Å². The van der Waals surface area contributed by atoms with E-state index in [9.17, 15) is 12.8 Å². The molecule has 1 atom stereocenters. The second-order valence-corrected chi connectivity index (χ2v) is 8.43. The Morgan fingerprint density at radius 1 is 1.48 bits per heavy atom. The maximum atomic E-state index is 14.2. The van der Waals surface area contributed by atoms with Crippen molar-refractivity contribution in [3.63, 3.8) is 0 Å². The zero-order valence-corrected chi connectivity index (χ0v) is 13.7. The number of sulfonamides is 1. The predicted octanol–water partition coefficient (Wildman–Crippen LogP) is 2.79. The Morgan fingerprint density at radius 3 is 2.67 bits per heavy atom. The van der Waals surface area contributed by atoms with Gasteiger partial charge in [-0.2, -0.15) is 0 Å². The molecule has 0 bridgehead atoms. The van der Waals surface area contributed by atoms with Gasteiger partial charge in [0, 0.05) is 23.2 Å². The summed E-state index contributed by atoms with van der Waals surface area (Å²) < 4.78 is 41.6. The Kier molecular flexibility index (Phi) is 4.63. The first-order valence-corrected chi connectivity index (χ1v) is 8.71. The highest BCUT2D eigenvalue weighted by atomic mass is 35.5. The zero-order valence-electron chi connectivity index (χ0n) is 12.1. The van der Waals surface area contributed by atoms with Crippen LogP contribution in [0.2, 0.25) is 5.02 Å². The summed E-state index contributed by atoms with van der Waals surface area (Å²) in [4.78, 5) is -0.430. The number of hydrogen-bond donors (Lipinski definition) is 2. The fraction of sp³-hybridized carbons (Fsp3) is 0.571. The Bertz CT molecular complexity index is 647. The molecular formula is C14H20ClFN2O2S. The van der Waals surface area contributed by atoms with Crippen molar-refractivity contribution in [1.82, 2.24) is 4.72 Å². The largest absolute Gasteiger partial charge is 0.326 e. The molecule has 1 aliphatic carbocycles. The standard InChI is InChI=1S/C14H20ClFN2O2S/c1-14(2)4-3-11(7-14)18-21(19,20)12-6-10(15)5-9(8-17)13(12)16/h5-6,11,18H,3-4,7-8,17H2,1-2H3. The summed E-state index contributed by atoms with van der Waals surface area (Å²) in [5, 5.41) is 0.156. The summed E-state index contributed by atoms with van der Waals surface area (Å²) in [6.07, 6.45) is 2.42. The molecule has 118 valence electrons. The predicted molar refractivity (Wildman–Crippen MR) is 81.0 cm³/mol. The molecule has 1 unspecified atom stereocenters. The molecule has 7 heteroatoms. The Labute approximate surface area is 129 Å². The van der Waals surface area contributed by atoms with E-state index in [0.717, 1.165) is 25.3 Å². The van der Waals surface area contributed by atoms with Crippen molar-refractivity contribution in [3.8, 4) is 0 Å². The lowest BCUT2D eigenvalue weighted by Crippen LogP contribution is -2.34. The Hall–Kier alpha value is -0.690. The van der Waals surface area contributed by atoms with Crippen molar-refractivity contribution in [3.05, 3.63) is 28.5 Å². The lowest BCUT2D eigenvalue weighted by molar-refractivity contribution is 0.372. The highest BCUT2D eigenvalue weighted by molar-refractivity contribution is 7.89. The smallest absolute Gasteiger partial charge is 0.243 e. The highest BCUT2D eigenvalue weighted by Gasteiger charge is 2.34. The minimum Gasteiger partial charge on any atom is -0.326 e. The monoisotopic (exact) mass is 334 g/mol. The first kappa shape index (κ1) is 16.7. The number of hydrogen-bond acceptors (Lipinski definition) is 3. The van der Waals surface area contributed by atoms with Crippen molar-refractivity contribution >= 4 is 21.6 Å². The summed E-state index contributed by atoms with van der Waals surface area (Å²) in [7, 11) is -3.94. The summed E-state index contributed by atoms with van der Waals surface area (Å²) in [6.45, 7) is 4.08. The number of benzene rings is 1. The van der Waals surface area contributed by atoms with Gasteiger partial charge in [0.2, 0.25) is 10.0 Å². The molecule has 2 rings (SSSR count). The Balaban J connectivity index is 2.30. The number of nitrogens with two attached hydrogens (primary N) is 1. The van der Waals surface area contributed by atoms with Crippen molar-refractivity contribution in [2.24, 2.45) is 11.1 Å². The van der Waals surface area contributed by atoms with Crippen LogP contribution in [0.5, 0.6) is 0 Å². The number of nitrogens with one attached hydrogen (secondary N) is 1. The molecule has 1 aliphatic rings. The average molecular weight is 335 g/mol. The van der Waals surface area contributed by atoms with Crippen LogP contribution < -0.4 is 10.5 Å². The minimum atomic E-state index is -3.94. The van der Waals surface area contributed by atoms with Gasteiger partial charge >= 0.3 is 0 Å². The molecule has 0 spiro atoms. The lowest BCUT2D eigenvalue weighted by Gasteiger charge is -2.18. The van der Waals surface area contributed by atoms with E-state index >= 15 is 0 Å². The third-order valence-corrected chi connectivity index (χ3v) is 5.62. The second kappa shape index (κ2) is 5.83. The summed E-state index contributed by atoms with van der Waals surface area (Å²) in [6, 6.07) is 2.29. The van der Waals surface area contributed by atoms with E-state index in [2.05, 4.69) is 18.6 Å². The van der Waals surface area contributed by atoms with Gasteiger partial charge in [-0.05, 0) is 36.8 Å². The maximum Gasteiger partial charge on any atom is 0.243 e. The molecule has 21 heavy (non-hydrogen) atoms. The van der Waals surface area contributed by atoms with Crippen molar-refractivity contribution < 1.29 is 12.8 Å². The molecule has 1 saturated carbocycles. The van der Waals surface area contributed by atoms with Gasteiger partial charge in [0.1, 0.15) is 10.7 Å². The molecule has 0 amide bonds. The van der Waals surface area contributed by atoms with Crippen molar-refractivity contribution in [1.29, 1.82) is 0 Å². The molecule has 0 aliphatic heterocycles. The molecule has 0 saturated heterocycles. The van der Waals surface area contributed by atoms with Gasteiger partial charge in [0.25, 0.3) is 0 Å². The van der Waals surface area contributed by atoms with Gasteiger partial charge in [0.05, 0.1) is 0 Å². The summed E-state index contributed by atoms with van der Waals surface area (Å²) in [5.74, 6) is -0.827. The first-order chi connectivity index (χ1) is 9.64. The normalized spacial score (nSPS) is 21.7. The van der Waals surface area contributed by atoms with E-state index in [0.29, 0.717) is 0 Å². The molecule has 3 N–H and O–H groups in total. The summed E-state index contributed by atoms with van der Waals surface area (Å²) >= 11 is 5.85. The van der Waals surface area contributed by atoms with Crippen LogP contribution in [0.1, 0.15) is 38.7 Å². The van der Waals surface area contributed by atoms with Crippen molar-refractivity contribution in [2.75, 3.05) is 0 Å². The quantitative estimate of drug-likeness (QED) is 0.889. The van der Waals surface area contributed by atoms with Gasteiger partial charge in [-0.15, -0.1) is 0 Å². The molecule has 1 aromatic rings. The number of rotatable bonds is 4. The van der Waals surface area contributed by atoms with E-state index < -0.39 is 20.7 Å². The van der Waals surface area contributed by atoms with Crippen LogP contribution in [0.3, 0.4) is 0 Å². The molecular weight excluding hydrogens is 315 g/mol. The van der Waals surface area contributed by atoms with Gasteiger partial charge < -0.3 is 5.73 Å². The SMILES string of the molecule is CC1(C)CCC(NS(=O)(=O)c2cc(Cl)cc(CN)c2F)C1. The van der Waals surface area contributed by atoms with Crippen LogP contribution in [0, 0.1) is 11.2 Å². The summed E-state index contributed by atoms with van der Waals surface area (Å²) in [5.41, 5.74) is 5.61. The lowest BCUT2D eigenvalue weighted by atomic mass is 9.92. The van der Waals surface area contributed by atoms with Crippen LogP contribution in [0.25, 0.3) is 0 Å². The van der Waals surface area contributed by atoms with Crippen LogP contribution in [0.15, 0.2) is 17.0 Å². The highest BCUT2D eigenvalue weighted by Crippen LogP contribution is 2.37.